The van der Waals surface area contributed by atoms with Gasteiger partial charge in [-0.3, -0.25) is 9.59 Å². The summed E-state index contributed by atoms with van der Waals surface area (Å²) in [7, 11) is 0. The lowest BCUT2D eigenvalue weighted by molar-refractivity contribution is -0.130. The largest absolute Gasteiger partial charge is 0.344 e. The van der Waals surface area contributed by atoms with Crippen molar-refractivity contribution < 1.29 is 14.0 Å². The van der Waals surface area contributed by atoms with Crippen molar-refractivity contribution >= 4 is 52.0 Å². The standard InChI is InChI=1S/C30H25FN6O2S3/c31-22-12-10-21(11-13-22)24-16-23(25-8-4-14-40-25)35-37(24)28(38)19-42-30-34-33-27(17-32-29(39)26-9-5-15-41-26)36(30)18-20-6-2-1-3-7-20/h1-15,24H,16-19H2,(H,32,39). The molecule has 1 unspecified atom stereocenters. The molecule has 0 spiro atoms. The molecule has 0 radical (unpaired) electrons. The lowest BCUT2D eigenvalue weighted by Gasteiger charge is -2.22. The van der Waals surface area contributed by atoms with E-state index in [4.69, 9.17) is 5.10 Å². The van der Waals surface area contributed by atoms with Gasteiger partial charge in [0.05, 0.1) is 40.4 Å². The number of hydrogen-bond acceptors (Lipinski definition) is 8. The van der Waals surface area contributed by atoms with Gasteiger partial charge < -0.3 is 9.88 Å². The van der Waals surface area contributed by atoms with Gasteiger partial charge >= 0.3 is 0 Å². The summed E-state index contributed by atoms with van der Waals surface area (Å²) in [6.45, 7) is 0.676. The quantitative estimate of drug-likeness (QED) is 0.195. The number of carbonyl (C=O) groups excluding carboxylic acids is 2. The molecular formula is C30H25FN6O2S3. The minimum Gasteiger partial charge on any atom is -0.344 e. The third kappa shape index (κ3) is 6.35. The van der Waals surface area contributed by atoms with Crippen LogP contribution in [0.4, 0.5) is 4.39 Å². The van der Waals surface area contributed by atoms with E-state index in [1.54, 1.807) is 29.5 Å². The first kappa shape index (κ1) is 28.0. The third-order valence-corrected chi connectivity index (χ3v) is 9.42. The smallest absolute Gasteiger partial charge is 0.261 e. The van der Waals surface area contributed by atoms with Crippen LogP contribution in [0.15, 0.2) is 99.9 Å². The summed E-state index contributed by atoms with van der Waals surface area (Å²) in [5.74, 6) is -0.0358. The molecular weight excluding hydrogens is 592 g/mol. The molecule has 1 N–H and O–H groups in total. The Morgan fingerprint density at radius 2 is 1.74 bits per heavy atom. The van der Waals surface area contributed by atoms with Crippen molar-refractivity contribution in [1.29, 1.82) is 0 Å². The Hall–Kier alpha value is -4.13. The predicted molar refractivity (Wildman–Crippen MR) is 163 cm³/mol. The van der Waals surface area contributed by atoms with Crippen LogP contribution in [0.5, 0.6) is 0 Å². The number of thioether (sulfide) groups is 1. The van der Waals surface area contributed by atoms with E-state index in [0.717, 1.165) is 21.7 Å². The molecule has 5 aromatic rings. The van der Waals surface area contributed by atoms with Crippen molar-refractivity contribution in [2.75, 3.05) is 5.75 Å². The fourth-order valence-electron chi connectivity index (χ4n) is 4.60. The summed E-state index contributed by atoms with van der Waals surface area (Å²) in [4.78, 5) is 27.8. The highest BCUT2D eigenvalue weighted by atomic mass is 32.2. The summed E-state index contributed by atoms with van der Waals surface area (Å²) < 4.78 is 15.6. The summed E-state index contributed by atoms with van der Waals surface area (Å²) in [6.07, 6.45) is 0.542. The Morgan fingerprint density at radius 1 is 0.952 bits per heavy atom. The highest BCUT2D eigenvalue weighted by Gasteiger charge is 2.33. The lowest BCUT2D eigenvalue weighted by atomic mass is 10.0. The zero-order valence-electron chi connectivity index (χ0n) is 22.2. The number of benzene rings is 2. The fourth-order valence-corrected chi connectivity index (χ4v) is 6.77. The van der Waals surface area contributed by atoms with E-state index in [0.29, 0.717) is 28.8 Å². The van der Waals surface area contributed by atoms with Crippen molar-refractivity contribution in [3.63, 3.8) is 0 Å². The number of thiophene rings is 2. The number of nitrogens with one attached hydrogen (secondary N) is 1. The molecule has 12 heteroatoms. The number of aromatic nitrogens is 3. The van der Waals surface area contributed by atoms with Crippen LogP contribution in [0.1, 0.15) is 44.0 Å². The van der Waals surface area contributed by atoms with Crippen LogP contribution >= 0.6 is 34.4 Å². The van der Waals surface area contributed by atoms with Crippen LogP contribution in [-0.4, -0.2) is 43.1 Å². The molecule has 0 bridgehead atoms. The first-order valence-corrected chi connectivity index (χ1v) is 15.9. The van der Waals surface area contributed by atoms with Crippen molar-refractivity contribution in [3.05, 3.63) is 122 Å². The molecule has 0 saturated carbocycles. The van der Waals surface area contributed by atoms with Crippen LogP contribution in [0.3, 0.4) is 0 Å². The van der Waals surface area contributed by atoms with Crippen LogP contribution in [-0.2, 0) is 17.9 Å². The maximum Gasteiger partial charge on any atom is 0.261 e. The molecule has 8 nitrogen and oxygen atoms in total. The van der Waals surface area contributed by atoms with Crippen molar-refractivity contribution in [1.82, 2.24) is 25.1 Å². The van der Waals surface area contributed by atoms with Gasteiger partial charge in [-0.1, -0.05) is 66.4 Å². The van der Waals surface area contributed by atoms with Gasteiger partial charge in [0.1, 0.15) is 5.82 Å². The number of nitrogens with zero attached hydrogens (tertiary/aromatic N) is 5. The zero-order valence-corrected chi connectivity index (χ0v) is 24.7. The van der Waals surface area contributed by atoms with Crippen LogP contribution in [0.25, 0.3) is 0 Å². The average molecular weight is 617 g/mol. The number of amides is 2. The normalized spacial score (nSPS) is 14.6. The van der Waals surface area contributed by atoms with E-state index < -0.39 is 0 Å². The Morgan fingerprint density at radius 3 is 2.48 bits per heavy atom. The molecule has 4 heterocycles. The zero-order chi connectivity index (χ0) is 28.9. The monoisotopic (exact) mass is 616 g/mol. The molecule has 2 amide bonds. The van der Waals surface area contributed by atoms with Crippen molar-refractivity contribution in [2.24, 2.45) is 5.10 Å². The predicted octanol–water partition coefficient (Wildman–Crippen LogP) is 5.99. The Kier molecular flexibility index (Phi) is 8.54. The van der Waals surface area contributed by atoms with Gasteiger partial charge in [-0.15, -0.1) is 32.9 Å². The highest BCUT2D eigenvalue weighted by Crippen LogP contribution is 2.35. The summed E-state index contributed by atoms with van der Waals surface area (Å²) in [6, 6.07) is 23.3. The Bertz CT molecular complexity index is 1690. The fraction of sp³-hybridized carbons (Fsp3) is 0.167. The number of halogens is 1. The van der Waals surface area contributed by atoms with Gasteiger partial charge in [-0.2, -0.15) is 5.10 Å². The molecule has 1 atom stereocenters. The van der Waals surface area contributed by atoms with E-state index in [1.165, 1.54) is 40.2 Å². The Balaban J connectivity index is 1.21. The second-order valence-corrected chi connectivity index (χ2v) is 12.3. The molecule has 0 fully saturated rings. The molecule has 1 aliphatic heterocycles. The first-order chi connectivity index (χ1) is 20.5. The number of carbonyl (C=O) groups is 2. The highest BCUT2D eigenvalue weighted by molar-refractivity contribution is 7.99. The van der Waals surface area contributed by atoms with Gasteiger partial charge in [0.2, 0.25) is 0 Å². The summed E-state index contributed by atoms with van der Waals surface area (Å²) in [5.41, 5.74) is 2.69. The Labute approximate surface area is 253 Å². The number of hydrazone groups is 1. The van der Waals surface area contributed by atoms with Crippen molar-refractivity contribution in [2.45, 2.75) is 30.7 Å². The second kappa shape index (κ2) is 12.8. The van der Waals surface area contributed by atoms with E-state index >= 15 is 0 Å². The van der Waals surface area contributed by atoms with Gasteiger partial charge in [0, 0.05) is 6.42 Å². The minimum atomic E-state index is -0.332. The first-order valence-electron chi connectivity index (χ1n) is 13.1. The minimum absolute atomic E-state index is 0.0768. The van der Waals surface area contributed by atoms with E-state index in [-0.39, 0.29) is 36.0 Å². The maximum atomic E-state index is 13.7. The molecule has 42 heavy (non-hydrogen) atoms. The number of rotatable bonds is 10. The molecule has 1 aliphatic rings. The van der Waals surface area contributed by atoms with E-state index in [2.05, 4.69) is 15.5 Å². The van der Waals surface area contributed by atoms with Crippen LogP contribution in [0, 0.1) is 5.82 Å². The molecule has 3 aromatic heterocycles. The third-order valence-electron chi connectivity index (χ3n) is 6.68. The topological polar surface area (TPSA) is 92.5 Å². The van der Waals surface area contributed by atoms with E-state index in [1.807, 2.05) is 63.9 Å². The van der Waals surface area contributed by atoms with Gasteiger partial charge in [0.15, 0.2) is 11.0 Å². The molecule has 6 rings (SSSR count). The molecule has 0 saturated heterocycles. The van der Waals surface area contributed by atoms with Gasteiger partial charge in [-0.05, 0) is 46.2 Å². The van der Waals surface area contributed by atoms with Crippen molar-refractivity contribution in [3.8, 4) is 0 Å². The average Bonchev–Trinajstić information content (AvgIpc) is 3.83. The maximum absolute atomic E-state index is 13.7. The summed E-state index contributed by atoms with van der Waals surface area (Å²) >= 11 is 4.21. The number of hydrogen-bond donors (Lipinski definition) is 1. The van der Waals surface area contributed by atoms with Gasteiger partial charge in [0.25, 0.3) is 11.8 Å². The van der Waals surface area contributed by atoms with Crippen LogP contribution < -0.4 is 5.32 Å². The molecule has 2 aromatic carbocycles. The van der Waals surface area contributed by atoms with Crippen LogP contribution in [0.2, 0.25) is 0 Å². The molecule has 0 aliphatic carbocycles. The molecule has 212 valence electrons. The summed E-state index contributed by atoms with van der Waals surface area (Å²) in [5, 5.41) is 22.3. The van der Waals surface area contributed by atoms with Gasteiger partial charge in [-0.25, -0.2) is 9.40 Å². The SMILES string of the molecule is O=C(NCc1nnc(SCC(=O)N2N=C(c3cccs3)CC2c2ccc(F)cc2)n1Cc1ccccc1)c1cccs1. The second-order valence-electron chi connectivity index (χ2n) is 9.45. The lowest BCUT2D eigenvalue weighted by Crippen LogP contribution is -2.28. The van der Waals surface area contributed by atoms with E-state index in [9.17, 15) is 14.0 Å².